The monoisotopic (exact) mass is 280 g/mol. The molecule has 1 aliphatic rings. The number of carbonyl (C=O) groups is 1. The molecule has 1 fully saturated rings. The molecule has 1 heterocycles. The standard InChI is InChI=1S/C15H21ClN2O/c1-15(2,3)18-9-8-11(10-18)14(19)17-13-6-4-12(16)5-7-13/h4-7,11H,8-10H2,1-3H3,(H,17,19). The van der Waals surface area contributed by atoms with Crippen LogP contribution in [0.4, 0.5) is 5.69 Å². The number of rotatable bonds is 2. The van der Waals surface area contributed by atoms with Crippen LogP contribution in [0.5, 0.6) is 0 Å². The lowest BCUT2D eigenvalue weighted by Crippen LogP contribution is -2.40. The highest BCUT2D eigenvalue weighted by molar-refractivity contribution is 6.30. The second kappa shape index (κ2) is 5.51. The lowest BCUT2D eigenvalue weighted by Gasteiger charge is -2.31. The van der Waals surface area contributed by atoms with Crippen LogP contribution in [-0.2, 0) is 4.79 Å². The van der Waals surface area contributed by atoms with Gasteiger partial charge in [0, 0.05) is 22.8 Å². The molecule has 1 atom stereocenters. The third-order valence-corrected chi connectivity index (χ3v) is 3.87. The minimum absolute atomic E-state index is 0.0786. The van der Waals surface area contributed by atoms with Crippen molar-refractivity contribution in [2.24, 2.45) is 5.92 Å². The van der Waals surface area contributed by atoms with E-state index in [2.05, 4.69) is 31.0 Å². The number of hydrogen-bond acceptors (Lipinski definition) is 2. The summed E-state index contributed by atoms with van der Waals surface area (Å²) in [6.07, 6.45) is 0.927. The van der Waals surface area contributed by atoms with Crippen molar-refractivity contribution >= 4 is 23.2 Å². The summed E-state index contributed by atoms with van der Waals surface area (Å²) in [4.78, 5) is 14.6. The van der Waals surface area contributed by atoms with Gasteiger partial charge in [-0.05, 0) is 58.0 Å². The van der Waals surface area contributed by atoms with E-state index in [4.69, 9.17) is 11.6 Å². The highest BCUT2D eigenvalue weighted by Gasteiger charge is 2.33. The molecule has 19 heavy (non-hydrogen) atoms. The van der Waals surface area contributed by atoms with Gasteiger partial charge in [0.25, 0.3) is 0 Å². The topological polar surface area (TPSA) is 32.3 Å². The van der Waals surface area contributed by atoms with Crippen LogP contribution in [0.2, 0.25) is 5.02 Å². The van der Waals surface area contributed by atoms with Crippen molar-refractivity contribution < 1.29 is 4.79 Å². The molecule has 1 saturated heterocycles. The Kier molecular flexibility index (Phi) is 4.16. The number of benzene rings is 1. The van der Waals surface area contributed by atoms with E-state index in [9.17, 15) is 4.79 Å². The van der Waals surface area contributed by atoms with Gasteiger partial charge in [-0.15, -0.1) is 0 Å². The van der Waals surface area contributed by atoms with Crippen molar-refractivity contribution in [1.29, 1.82) is 0 Å². The summed E-state index contributed by atoms with van der Waals surface area (Å²) >= 11 is 5.83. The maximum Gasteiger partial charge on any atom is 0.228 e. The van der Waals surface area contributed by atoms with Crippen molar-refractivity contribution in [2.45, 2.75) is 32.7 Å². The van der Waals surface area contributed by atoms with Gasteiger partial charge >= 0.3 is 0 Å². The third-order valence-electron chi connectivity index (χ3n) is 3.62. The van der Waals surface area contributed by atoms with Crippen molar-refractivity contribution in [3.63, 3.8) is 0 Å². The van der Waals surface area contributed by atoms with E-state index in [0.717, 1.165) is 25.2 Å². The van der Waals surface area contributed by atoms with Crippen molar-refractivity contribution in [2.75, 3.05) is 18.4 Å². The van der Waals surface area contributed by atoms with Crippen LogP contribution in [0.15, 0.2) is 24.3 Å². The van der Waals surface area contributed by atoms with E-state index < -0.39 is 0 Å². The van der Waals surface area contributed by atoms with Gasteiger partial charge in [0.15, 0.2) is 0 Å². The van der Waals surface area contributed by atoms with E-state index in [1.807, 2.05) is 12.1 Å². The van der Waals surface area contributed by atoms with Crippen LogP contribution < -0.4 is 5.32 Å². The van der Waals surface area contributed by atoms with Gasteiger partial charge in [-0.1, -0.05) is 11.6 Å². The molecular weight excluding hydrogens is 260 g/mol. The van der Waals surface area contributed by atoms with Crippen LogP contribution in [0.25, 0.3) is 0 Å². The summed E-state index contributed by atoms with van der Waals surface area (Å²) in [7, 11) is 0. The lowest BCUT2D eigenvalue weighted by atomic mass is 10.1. The lowest BCUT2D eigenvalue weighted by molar-refractivity contribution is -0.119. The van der Waals surface area contributed by atoms with Crippen LogP contribution in [0, 0.1) is 5.92 Å². The molecule has 2 rings (SSSR count). The Labute approximate surface area is 119 Å². The molecule has 0 spiro atoms. The molecule has 1 aromatic rings. The van der Waals surface area contributed by atoms with E-state index in [1.54, 1.807) is 12.1 Å². The van der Waals surface area contributed by atoms with E-state index in [0.29, 0.717) is 5.02 Å². The highest BCUT2D eigenvalue weighted by atomic mass is 35.5. The van der Waals surface area contributed by atoms with Gasteiger partial charge in [-0.25, -0.2) is 0 Å². The first-order valence-corrected chi connectivity index (χ1v) is 7.05. The largest absolute Gasteiger partial charge is 0.326 e. The predicted molar refractivity (Wildman–Crippen MR) is 79.5 cm³/mol. The summed E-state index contributed by atoms with van der Waals surface area (Å²) in [5, 5.41) is 3.64. The zero-order chi connectivity index (χ0) is 14.0. The fourth-order valence-corrected chi connectivity index (χ4v) is 2.49. The molecule has 0 aliphatic carbocycles. The number of halogens is 1. The first-order chi connectivity index (χ1) is 8.86. The average molecular weight is 281 g/mol. The first-order valence-electron chi connectivity index (χ1n) is 6.68. The Morgan fingerprint density at radius 3 is 2.47 bits per heavy atom. The van der Waals surface area contributed by atoms with Crippen molar-refractivity contribution in [1.82, 2.24) is 4.90 Å². The molecule has 104 valence electrons. The Morgan fingerprint density at radius 2 is 1.95 bits per heavy atom. The minimum atomic E-state index is 0.0786. The molecule has 0 aromatic heterocycles. The quantitative estimate of drug-likeness (QED) is 0.900. The predicted octanol–water partition coefficient (Wildman–Crippen LogP) is 3.40. The molecule has 1 unspecified atom stereocenters. The van der Waals surface area contributed by atoms with Crippen molar-refractivity contribution in [3.8, 4) is 0 Å². The molecule has 4 heteroatoms. The molecule has 1 aromatic carbocycles. The Bertz CT molecular complexity index is 450. The smallest absolute Gasteiger partial charge is 0.228 e. The zero-order valence-corrected chi connectivity index (χ0v) is 12.5. The number of amides is 1. The van der Waals surface area contributed by atoms with Crippen LogP contribution >= 0.6 is 11.6 Å². The summed E-state index contributed by atoms with van der Waals surface area (Å²) in [6, 6.07) is 7.23. The maximum absolute atomic E-state index is 12.2. The molecule has 0 saturated carbocycles. The fraction of sp³-hybridized carbons (Fsp3) is 0.533. The molecule has 1 N–H and O–H groups in total. The number of carbonyl (C=O) groups excluding carboxylic acids is 1. The van der Waals surface area contributed by atoms with Crippen LogP contribution in [-0.4, -0.2) is 29.4 Å². The number of likely N-dealkylation sites (tertiary alicyclic amines) is 1. The Balaban J connectivity index is 1.93. The summed E-state index contributed by atoms with van der Waals surface area (Å²) in [5.74, 6) is 0.184. The zero-order valence-electron chi connectivity index (χ0n) is 11.7. The normalized spacial score (nSPS) is 20.5. The van der Waals surface area contributed by atoms with Gasteiger partial charge in [0.2, 0.25) is 5.91 Å². The fourth-order valence-electron chi connectivity index (χ4n) is 2.36. The summed E-state index contributed by atoms with van der Waals surface area (Å²) in [6.45, 7) is 8.39. The van der Waals surface area contributed by atoms with Gasteiger partial charge in [0.05, 0.1) is 5.92 Å². The molecule has 1 aliphatic heterocycles. The SMILES string of the molecule is CC(C)(C)N1CCC(C(=O)Nc2ccc(Cl)cc2)C1. The number of hydrogen-bond donors (Lipinski definition) is 1. The maximum atomic E-state index is 12.2. The van der Waals surface area contributed by atoms with Gasteiger partial charge in [-0.2, -0.15) is 0 Å². The van der Waals surface area contributed by atoms with E-state index >= 15 is 0 Å². The Morgan fingerprint density at radius 1 is 1.32 bits per heavy atom. The second-order valence-electron chi connectivity index (χ2n) is 6.10. The summed E-state index contributed by atoms with van der Waals surface area (Å²) < 4.78 is 0. The van der Waals surface area contributed by atoms with E-state index in [-0.39, 0.29) is 17.4 Å². The molecule has 3 nitrogen and oxygen atoms in total. The first kappa shape index (κ1) is 14.4. The molecular formula is C15H21ClN2O. The number of nitrogens with one attached hydrogen (secondary N) is 1. The van der Waals surface area contributed by atoms with Crippen molar-refractivity contribution in [3.05, 3.63) is 29.3 Å². The van der Waals surface area contributed by atoms with Gasteiger partial charge in [-0.3, -0.25) is 9.69 Å². The van der Waals surface area contributed by atoms with Gasteiger partial charge < -0.3 is 5.32 Å². The number of nitrogens with zero attached hydrogens (tertiary/aromatic N) is 1. The molecule has 1 amide bonds. The Hall–Kier alpha value is -1.06. The minimum Gasteiger partial charge on any atom is -0.326 e. The van der Waals surface area contributed by atoms with Gasteiger partial charge in [0.1, 0.15) is 0 Å². The van der Waals surface area contributed by atoms with Crippen LogP contribution in [0.3, 0.4) is 0 Å². The number of anilines is 1. The molecule has 0 bridgehead atoms. The third kappa shape index (κ3) is 3.71. The average Bonchev–Trinajstić information content (AvgIpc) is 2.81. The second-order valence-corrected chi connectivity index (χ2v) is 6.54. The molecule has 0 radical (unpaired) electrons. The van der Waals surface area contributed by atoms with Crippen LogP contribution in [0.1, 0.15) is 27.2 Å². The summed E-state index contributed by atoms with van der Waals surface area (Å²) in [5.41, 5.74) is 0.943. The highest BCUT2D eigenvalue weighted by Crippen LogP contribution is 2.25. The van der Waals surface area contributed by atoms with E-state index in [1.165, 1.54) is 0 Å².